The smallest absolute Gasteiger partial charge is 0.123 e. The summed E-state index contributed by atoms with van der Waals surface area (Å²) in [5.74, 6) is 1.63. The third-order valence-corrected chi connectivity index (χ3v) is 4.39. The summed E-state index contributed by atoms with van der Waals surface area (Å²) in [4.78, 5) is 0.229. The number of halogens is 1. The Morgan fingerprint density at radius 2 is 1.16 bits per heavy atom. The van der Waals surface area contributed by atoms with Crippen LogP contribution in [-0.4, -0.2) is 0 Å². The Morgan fingerprint density at radius 1 is 0.720 bits per heavy atom. The van der Waals surface area contributed by atoms with Gasteiger partial charge in [-0.2, -0.15) is 0 Å². The Labute approximate surface area is 157 Å². The molecule has 128 valence electrons. The lowest BCUT2D eigenvalue weighted by molar-refractivity contribution is 0.289. The number of rotatable bonds is 7. The van der Waals surface area contributed by atoms with Crippen LogP contribution in [0.5, 0.6) is 11.5 Å². The zero-order chi connectivity index (χ0) is 17.5. The molecule has 25 heavy (non-hydrogen) atoms. The van der Waals surface area contributed by atoms with E-state index in [1.165, 1.54) is 0 Å². The molecular formula is C22H21BrO2. The van der Waals surface area contributed by atoms with E-state index in [2.05, 4.69) is 59.3 Å². The fourth-order valence-electron chi connectivity index (χ4n) is 2.47. The normalized spacial score (nSPS) is 11.8. The molecule has 2 nitrogen and oxygen atoms in total. The Kier molecular flexibility index (Phi) is 6.13. The van der Waals surface area contributed by atoms with Gasteiger partial charge in [0.25, 0.3) is 0 Å². The van der Waals surface area contributed by atoms with Crippen LogP contribution in [0.15, 0.2) is 78.9 Å². The summed E-state index contributed by atoms with van der Waals surface area (Å²) in [7, 11) is 0. The maximum Gasteiger partial charge on any atom is 0.123 e. The number of hydrogen-bond donors (Lipinski definition) is 0. The minimum Gasteiger partial charge on any atom is -0.489 e. The van der Waals surface area contributed by atoms with Gasteiger partial charge in [0.1, 0.15) is 24.7 Å². The fourth-order valence-corrected chi connectivity index (χ4v) is 2.74. The van der Waals surface area contributed by atoms with Crippen molar-refractivity contribution in [2.45, 2.75) is 25.0 Å². The molecule has 0 aliphatic carbocycles. The fraction of sp³-hybridized carbons (Fsp3) is 0.182. The van der Waals surface area contributed by atoms with Crippen molar-refractivity contribution >= 4 is 15.9 Å². The van der Waals surface area contributed by atoms with Crippen molar-refractivity contribution < 1.29 is 9.47 Å². The maximum absolute atomic E-state index is 5.97. The molecule has 1 atom stereocenters. The van der Waals surface area contributed by atoms with Gasteiger partial charge < -0.3 is 9.47 Å². The third-order valence-electron chi connectivity index (χ3n) is 3.86. The number of ether oxygens (including phenoxy) is 2. The van der Waals surface area contributed by atoms with Crippen molar-refractivity contribution in [1.29, 1.82) is 0 Å². The molecule has 0 amide bonds. The highest BCUT2D eigenvalue weighted by atomic mass is 79.9. The molecule has 0 radical (unpaired) electrons. The van der Waals surface area contributed by atoms with E-state index in [0.29, 0.717) is 13.2 Å². The first-order chi connectivity index (χ1) is 12.2. The van der Waals surface area contributed by atoms with Crippen LogP contribution in [0, 0.1) is 0 Å². The molecule has 0 heterocycles. The minimum atomic E-state index is 0.229. The second-order valence-corrected chi connectivity index (χ2v) is 7.28. The van der Waals surface area contributed by atoms with E-state index in [0.717, 1.165) is 28.2 Å². The molecule has 0 fully saturated rings. The van der Waals surface area contributed by atoms with E-state index in [4.69, 9.17) is 9.47 Å². The van der Waals surface area contributed by atoms with Gasteiger partial charge in [0.05, 0.1) is 0 Å². The predicted molar refractivity (Wildman–Crippen MR) is 105 cm³/mol. The summed E-state index contributed by atoms with van der Waals surface area (Å²) in [6.07, 6.45) is 0. The van der Waals surface area contributed by atoms with Crippen LogP contribution in [0.2, 0.25) is 0 Å². The van der Waals surface area contributed by atoms with Crippen molar-refractivity contribution in [1.82, 2.24) is 0 Å². The van der Waals surface area contributed by atoms with Crippen molar-refractivity contribution in [3.63, 3.8) is 0 Å². The Bertz CT molecular complexity index is 724. The van der Waals surface area contributed by atoms with E-state index in [1.54, 1.807) is 0 Å². The number of hydrogen-bond acceptors (Lipinski definition) is 2. The monoisotopic (exact) mass is 396 g/mol. The highest BCUT2D eigenvalue weighted by Gasteiger charge is 2.08. The average molecular weight is 397 g/mol. The van der Waals surface area contributed by atoms with Crippen molar-refractivity contribution in [2.75, 3.05) is 0 Å². The van der Waals surface area contributed by atoms with Gasteiger partial charge in [0.15, 0.2) is 0 Å². The predicted octanol–water partition coefficient (Wildman–Crippen LogP) is 6.30. The van der Waals surface area contributed by atoms with Gasteiger partial charge in [0.2, 0.25) is 0 Å². The van der Waals surface area contributed by atoms with Gasteiger partial charge in [-0.3, -0.25) is 0 Å². The average Bonchev–Trinajstić information content (AvgIpc) is 2.66. The SMILES string of the molecule is CC(Br)c1cc(OCc2ccccc2)cc(OCc2ccccc2)c1. The molecular weight excluding hydrogens is 376 g/mol. The molecule has 0 aromatic heterocycles. The Morgan fingerprint density at radius 3 is 1.56 bits per heavy atom. The standard InChI is InChI=1S/C22H21BrO2/c1-17(23)20-12-21(24-15-18-8-4-2-5-9-18)14-22(13-20)25-16-19-10-6-3-7-11-19/h2-14,17H,15-16H2,1H3. The molecule has 0 aliphatic heterocycles. The maximum atomic E-state index is 5.97. The molecule has 3 aromatic rings. The summed E-state index contributed by atoms with van der Waals surface area (Å²) in [6.45, 7) is 3.18. The zero-order valence-corrected chi connectivity index (χ0v) is 15.8. The summed E-state index contributed by atoms with van der Waals surface area (Å²) < 4.78 is 11.9. The highest BCUT2D eigenvalue weighted by molar-refractivity contribution is 9.09. The lowest BCUT2D eigenvalue weighted by atomic mass is 10.1. The van der Waals surface area contributed by atoms with Gasteiger partial charge in [-0.15, -0.1) is 0 Å². The number of alkyl halides is 1. The van der Waals surface area contributed by atoms with Crippen molar-refractivity contribution in [2.24, 2.45) is 0 Å². The summed E-state index contributed by atoms with van der Waals surface area (Å²) in [6, 6.07) is 26.4. The van der Waals surface area contributed by atoms with Gasteiger partial charge in [-0.1, -0.05) is 76.6 Å². The van der Waals surface area contributed by atoms with Crippen LogP contribution in [0.25, 0.3) is 0 Å². The summed E-state index contributed by atoms with van der Waals surface area (Å²) in [5.41, 5.74) is 3.42. The molecule has 3 rings (SSSR count). The molecule has 3 heteroatoms. The van der Waals surface area contributed by atoms with Crippen LogP contribution in [0.4, 0.5) is 0 Å². The van der Waals surface area contributed by atoms with Crippen LogP contribution < -0.4 is 9.47 Å². The van der Waals surface area contributed by atoms with Gasteiger partial charge in [-0.25, -0.2) is 0 Å². The molecule has 0 saturated heterocycles. The first-order valence-electron chi connectivity index (χ1n) is 8.33. The van der Waals surface area contributed by atoms with Gasteiger partial charge >= 0.3 is 0 Å². The van der Waals surface area contributed by atoms with Crippen LogP contribution >= 0.6 is 15.9 Å². The summed E-state index contributed by atoms with van der Waals surface area (Å²) >= 11 is 3.63. The van der Waals surface area contributed by atoms with Crippen molar-refractivity contribution in [3.8, 4) is 11.5 Å². The van der Waals surface area contributed by atoms with Crippen LogP contribution in [0.1, 0.15) is 28.4 Å². The lowest BCUT2D eigenvalue weighted by Gasteiger charge is -2.14. The lowest BCUT2D eigenvalue weighted by Crippen LogP contribution is -1.99. The van der Waals surface area contributed by atoms with E-state index in [1.807, 2.05) is 42.5 Å². The summed E-state index contributed by atoms with van der Waals surface area (Å²) in [5, 5.41) is 0. The molecule has 0 aliphatic rings. The Balaban J connectivity index is 1.72. The molecule has 0 bridgehead atoms. The third kappa shape index (κ3) is 5.36. The van der Waals surface area contributed by atoms with Gasteiger partial charge in [0, 0.05) is 10.9 Å². The topological polar surface area (TPSA) is 18.5 Å². The molecule has 3 aromatic carbocycles. The van der Waals surface area contributed by atoms with Crippen LogP contribution in [0.3, 0.4) is 0 Å². The second-order valence-electron chi connectivity index (χ2n) is 5.90. The van der Waals surface area contributed by atoms with E-state index in [9.17, 15) is 0 Å². The first kappa shape index (κ1) is 17.6. The molecule has 0 N–H and O–H groups in total. The largest absolute Gasteiger partial charge is 0.489 e. The molecule has 0 saturated carbocycles. The van der Waals surface area contributed by atoms with E-state index in [-0.39, 0.29) is 4.83 Å². The second kappa shape index (κ2) is 8.72. The van der Waals surface area contributed by atoms with Crippen LogP contribution in [-0.2, 0) is 13.2 Å². The minimum absolute atomic E-state index is 0.229. The highest BCUT2D eigenvalue weighted by Crippen LogP contribution is 2.31. The van der Waals surface area contributed by atoms with E-state index >= 15 is 0 Å². The van der Waals surface area contributed by atoms with Crippen molar-refractivity contribution in [3.05, 3.63) is 95.6 Å². The zero-order valence-electron chi connectivity index (χ0n) is 14.2. The number of benzene rings is 3. The van der Waals surface area contributed by atoms with Gasteiger partial charge in [-0.05, 0) is 35.7 Å². The quantitative estimate of drug-likeness (QED) is 0.436. The van der Waals surface area contributed by atoms with E-state index < -0.39 is 0 Å². The molecule has 0 spiro atoms. The first-order valence-corrected chi connectivity index (χ1v) is 9.25. The Hall–Kier alpha value is -2.26. The molecule has 1 unspecified atom stereocenters.